The molecule has 178 valence electrons. The number of carbonyl (C=O) groups is 1. The van der Waals surface area contributed by atoms with Gasteiger partial charge in [0.15, 0.2) is 0 Å². The summed E-state index contributed by atoms with van der Waals surface area (Å²) in [6.45, 7) is 0. The largest absolute Gasteiger partial charge is 0.490 e. The summed E-state index contributed by atoms with van der Waals surface area (Å²) in [5, 5.41) is 10.4. The fraction of sp³-hybridized carbons (Fsp3) is 0.286. The minimum atomic E-state index is 0.0598. The molecule has 2 bridgehead atoms. The minimum absolute atomic E-state index is 0.0598. The molecular formula is C28H24Cl2N2O2S. The molecular weight excluding hydrogens is 499 g/mol. The summed E-state index contributed by atoms with van der Waals surface area (Å²) in [4.78, 5) is 16.4. The van der Waals surface area contributed by atoms with Crippen molar-refractivity contribution < 1.29 is 9.53 Å². The highest BCUT2D eigenvalue weighted by Gasteiger charge is 2.44. The van der Waals surface area contributed by atoms with Crippen LogP contribution in [0.2, 0.25) is 10.0 Å². The van der Waals surface area contributed by atoms with E-state index in [4.69, 9.17) is 33.2 Å². The SMILES string of the molecule is N#Cc1cccc(OC2CC3CCC(C2)N3C(=O)c2ccc(CSc3ccc(Cl)cc3Cl)cc2)c1. The lowest BCUT2D eigenvalue weighted by Crippen LogP contribution is -2.49. The molecule has 3 aromatic rings. The van der Waals surface area contributed by atoms with E-state index in [0.717, 1.165) is 53.2 Å². The number of piperidine rings is 1. The Kier molecular flexibility index (Phi) is 7.24. The molecule has 4 nitrogen and oxygen atoms in total. The first kappa shape index (κ1) is 24.1. The standard InChI is InChI=1S/C28H24Cl2N2O2S/c29-21-8-11-27(26(30)13-21)35-17-18-4-6-20(7-5-18)28(33)32-22-9-10-23(32)15-25(14-22)34-24-3-1-2-19(12-24)16-31/h1-8,11-13,22-23,25H,9-10,14-15,17H2. The Hall–Kier alpha value is -2.65. The summed E-state index contributed by atoms with van der Waals surface area (Å²) in [7, 11) is 0. The van der Waals surface area contributed by atoms with Gasteiger partial charge in [-0.3, -0.25) is 4.79 Å². The first-order chi connectivity index (χ1) is 17.0. The monoisotopic (exact) mass is 522 g/mol. The lowest BCUT2D eigenvalue weighted by Gasteiger charge is -2.39. The third-order valence-electron chi connectivity index (χ3n) is 6.68. The Morgan fingerprint density at radius 2 is 1.77 bits per heavy atom. The van der Waals surface area contributed by atoms with Crippen molar-refractivity contribution in [1.82, 2.24) is 4.90 Å². The normalized spacial score (nSPS) is 20.9. The van der Waals surface area contributed by atoms with E-state index in [1.54, 1.807) is 30.0 Å². The van der Waals surface area contributed by atoms with Crippen LogP contribution < -0.4 is 4.74 Å². The molecule has 35 heavy (non-hydrogen) atoms. The summed E-state index contributed by atoms with van der Waals surface area (Å²) in [5.41, 5.74) is 2.45. The molecule has 5 rings (SSSR count). The van der Waals surface area contributed by atoms with E-state index in [0.29, 0.717) is 15.6 Å². The van der Waals surface area contributed by atoms with E-state index >= 15 is 0 Å². The zero-order valence-electron chi connectivity index (χ0n) is 19.0. The molecule has 1 amide bonds. The maximum absolute atomic E-state index is 13.4. The average Bonchev–Trinajstić information content (AvgIpc) is 3.13. The summed E-state index contributed by atoms with van der Waals surface area (Å²) < 4.78 is 6.20. The number of nitrogens with zero attached hydrogens (tertiary/aromatic N) is 2. The van der Waals surface area contributed by atoms with Gasteiger partial charge in [0.1, 0.15) is 11.9 Å². The van der Waals surface area contributed by atoms with Crippen LogP contribution in [0.4, 0.5) is 0 Å². The number of ether oxygens (including phenoxy) is 1. The molecule has 0 spiro atoms. The third-order valence-corrected chi connectivity index (χ3v) is 8.48. The van der Waals surface area contributed by atoms with Crippen molar-refractivity contribution in [1.29, 1.82) is 5.26 Å². The van der Waals surface area contributed by atoms with Crippen LogP contribution in [0.25, 0.3) is 0 Å². The van der Waals surface area contributed by atoms with Gasteiger partial charge in [-0.15, -0.1) is 11.8 Å². The van der Waals surface area contributed by atoms with Crippen molar-refractivity contribution in [2.75, 3.05) is 0 Å². The van der Waals surface area contributed by atoms with E-state index in [2.05, 4.69) is 11.0 Å². The summed E-state index contributed by atoms with van der Waals surface area (Å²) in [6, 6.07) is 23.2. The van der Waals surface area contributed by atoms with Gasteiger partial charge in [0.05, 0.1) is 16.7 Å². The Labute approximate surface area is 219 Å². The molecule has 7 heteroatoms. The lowest BCUT2D eigenvalue weighted by atomic mass is 9.98. The third kappa shape index (κ3) is 5.46. The van der Waals surface area contributed by atoms with Crippen LogP contribution in [-0.4, -0.2) is 29.0 Å². The molecule has 2 unspecified atom stereocenters. The number of rotatable bonds is 6. The van der Waals surface area contributed by atoms with Gasteiger partial charge in [-0.05, 0) is 66.9 Å². The molecule has 3 aromatic carbocycles. The summed E-state index contributed by atoms with van der Waals surface area (Å²) in [5.74, 6) is 1.58. The topological polar surface area (TPSA) is 53.3 Å². The van der Waals surface area contributed by atoms with Crippen molar-refractivity contribution in [3.63, 3.8) is 0 Å². The van der Waals surface area contributed by atoms with Crippen molar-refractivity contribution in [3.05, 3.63) is 93.5 Å². The molecule has 0 aromatic heterocycles. The number of halogens is 2. The van der Waals surface area contributed by atoms with E-state index in [1.807, 2.05) is 48.5 Å². The molecule has 2 aliphatic rings. The quantitative estimate of drug-likeness (QED) is 0.317. The molecule has 2 aliphatic heterocycles. The molecule has 2 heterocycles. The number of hydrogen-bond acceptors (Lipinski definition) is 4. The number of nitriles is 1. The number of hydrogen-bond donors (Lipinski definition) is 0. The Bertz CT molecular complexity index is 1260. The van der Waals surface area contributed by atoms with Crippen LogP contribution in [-0.2, 0) is 5.75 Å². The van der Waals surface area contributed by atoms with Crippen LogP contribution in [0.5, 0.6) is 5.75 Å². The first-order valence-corrected chi connectivity index (χ1v) is 13.4. The number of carbonyl (C=O) groups excluding carboxylic acids is 1. The Balaban J connectivity index is 1.20. The molecule has 0 saturated carbocycles. The second-order valence-corrected chi connectivity index (χ2v) is 10.9. The zero-order chi connectivity index (χ0) is 24.4. The van der Waals surface area contributed by atoms with Crippen molar-refractivity contribution >= 4 is 40.9 Å². The second-order valence-electron chi connectivity index (χ2n) is 9.01. The van der Waals surface area contributed by atoms with Gasteiger partial charge >= 0.3 is 0 Å². The van der Waals surface area contributed by atoms with Gasteiger partial charge in [0, 0.05) is 46.2 Å². The highest BCUT2D eigenvalue weighted by molar-refractivity contribution is 7.98. The van der Waals surface area contributed by atoms with Crippen LogP contribution in [0.1, 0.15) is 47.2 Å². The van der Waals surface area contributed by atoms with Crippen molar-refractivity contribution in [2.24, 2.45) is 0 Å². The summed E-state index contributed by atoms with van der Waals surface area (Å²) in [6.07, 6.45) is 3.70. The molecule has 0 aliphatic carbocycles. The second kappa shape index (κ2) is 10.5. The number of amides is 1. The van der Waals surface area contributed by atoms with Crippen LogP contribution in [0.3, 0.4) is 0 Å². The maximum Gasteiger partial charge on any atom is 0.254 e. The first-order valence-electron chi connectivity index (χ1n) is 11.7. The van der Waals surface area contributed by atoms with Crippen molar-refractivity contribution in [3.8, 4) is 11.8 Å². The van der Waals surface area contributed by atoms with Gasteiger partial charge in [-0.2, -0.15) is 5.26 Å². The van der Waals surface area contributed by atoms with Gasteiger partial charge in [-0.25, -0.2) is 0 Å². The highest BCUT2D eigenvalue weighted by Crippen LogP contribution is 2.38. The fourth-order valence-electron chi connectivity index (χ4n) is 5.03. The van der Waals surface area contributed by atoms with Crippen LogP contribution in [0.15, 0.2) is 71.6 Å². The number of thioether (sulfide) groups is 1. The predicted octanol–water partition coefficient (Wildman–Crippen LogP) is 7.37. The van der Waals surface area contributed by atoms with Crippen LogP contribution in [0, 0.1) is 11.3 Å². The number of fused-ring (bicyclic) bond motifs is 2. The smallest absolute Gasteiger partial charge is 0.254 e. The predicted molar refractivity (Wildman–Crippen MR) is 140 cm³/mol. The number of benzene rings is 3. The van der Waals surface area contributed by atoms with E-state index in [1.165, 1.54) is 0 Å². The fourth-order valence-corrected chi connectivity index (χ4v) is 6.48. The molecule has 0 N–H and O–H groups in total. The molecule has 2 atom stereocenters. The molecule has 0 radical (unpaired) electrons. The van der Waals surface area contributed by atoms with Gasteiger partial charge in [0.25, 0.3) is 5.91 Å². The lowest BCUT2D eigenvalue weighted by molar-refractivity contribution is 0.0359. The average molecular weight is 523 g/mol. The van der Waals surface area contributed by atoms with E-state index in [9.17, 15) is 4.79 Å². The Morgan fingerprint density at radius 3 is 2.46 bits per heavy atom. The Morgan fingerprint density at radius 1 is 1.03 bits per heavy atom. The highest BCUT2D eigenvalue weighted by atomic mass is 35.5. The minimum Gasteiger partial charge on any atom is -0.490 e. The van der Waals surface area contributed by atoms with E-state index in [-0.39, 0.29) is 24.1 Å². The van der Waals surface area contributed by atoms with Gasteiger partial charge < -0.3 is 9.64 Å². The van der Waals surface area contributed by atoms with E-state index < -0.39 is 0 Å². The molecule has 2 fully saturated rings. The maximum atomic E-state index is 13.4. The summed E-state index contributed by atoms with van der Waals surface area (Å²) >= 11 is 13.9. The van der Waals surface area contributed by atoms with Crippen molar-refractivity contribution in [2.45, 2.75) is 54.5 Å². The molecule has 2 saturated heterocycles. The van der Waals surface area contributed by atoms with Crippen LogP contribution >= 0.6 is 35.0 Å². The zero-order valence-corrected chi connectivity index (χ0v) is 21.3. The van der Waals surface area contributed by atoms with Gasteiger partial charge in [-0.1, -0.05) is 41.4 Å². The van der Waals surface area contributed by atoms with Gasteiger partial charge in [0.2, 0.25) is 0 Å².